The summed E-state index contributed by atoms with van der Waals surface area (Å²) in [6.45, 7) is 1.55. The van der Waals surface area contributed by atoms with E-state index in [9.17, 15) is 14.0 Å². The Morgan fingerprint density at radius 3 is 2.52 bits per heavy atom. The average molecular weight is 311 g/mol. The van der Waals surface area contributed by atoms with Gasteiger partial charge in [-0.15, -0.1) is 11.8 Å². The highest BCUT2D eigenvalue weighted by Gasteiger charge is 2.37. The summed E-state index contributed by atoms with van der Waals surface area (Å²) in [5.74, 6) is -0.825. The minimum atomic E-state index is -0.971. The van der Waals surface area contributed by atoms with Crippen LogP contribution < -0.4 is 0 Å². The van der Waals surface area contributed by atoms with E-state index in [1.807, 2.05) is 0 Å². The first kappa shape index (κ1) is 15.8. The summed E-state index contributed by atoms with van der Waals surface area (Å²) < 4.78 is 12.8. The van der Waals surface area contributed by atoms with Gasteiger partial charge < -0.3 is 10.0 Å². The van der Waals surface area contributed by atoms with Crippen LogP contribution in [0.25, 0.3) is 0 Å². The van der Waals surface area contributed by atoms with Gasteiger partial charge in [0.1, 0.15) is 11.9 Å². The summed E-state index contributed by atoms with van der Waals surface area (Å²) in [6, 6.07) is 5.41. The molecule has 1 saturated carbocycles. The van der Waals surface area contributed by atoms with E-state index in [2.05, 4.69) is 0 Å². The summed E-state index contributed by atoms with van der Waals surface area (Å²) in [6.07, 6.45) is 2.05. The summed E-state index contributed by atoms with van der Waals surface area (Å²) in [5.41, 5.74) is 0. The molecule has 0 aromatic heterocycles. The number of rotatable bonds is 7. The van der Waals surface area contributed by atoms with Crippen molar-refractivity contribution in [3.8, 4) is 0 Å². The van der Waals surface area contributed by atoms with E-state index in [1.54, 1.807) is 19.1 Å². The fourth-order valence-electron chi connectivity index (χ4n) is 2.12. The van der Waals surface area contributed by atoms with Gasteiger partial charge in [0.05, 0.1) is 0 Å². The molecule has 1 amide bonds. The van der Waals surface area contributed by atoms with Crippen molar-refractivity contribution >= 4 is 23.6 Å². The number of benzene rings is 1. The number of carbonyl (C=O) groups excluding carboxylic acids is 1. The number of carbonyl (C=O) groups is 2. The quantitative estimate of drug-likeness (QED) is 0.787. The molecular weight excluding hydrogens is 293 g/mol. The number of carboxylic acid groups (broad SMARTS) is 1. The van der Waals surface area contributed by atoms with E-state index >= 15 is 0 Å². The number of hydrogen-bond donors (Lipinski definition) is 1. The third-order valence-electron chi connectivity index (χ3n) is 3.40. The van der Waals surface area contributed by atoms with E-state index in [4.69, 9.17) is 5.11 Å². The van der Waals surface area contributed by atoms with Crippen molar-refractivity contribution in [3.05, 3.63) is 30.1 Å². The summed E-state index contributed by atoms with van der Waals surface area (Å²) in [5, 5.41) is 9.07. The molecule has 0 spiro atoms. The summed E-state index contributed by atoms with van der Waals surface area (Å²) in [7, 11) is 0. The fraction of sp³-hybridized carbons (Fsp3) is 0.467. The Morgan fingerprint density at radius 1 is 1.38 bits per heavy atom. The Hall–Kier alpha value is -1.56. The van der Waals surface area contributed by atoms with Gasteiger partial charge in [-0.05, 0) is 44.0 Å². The maximum absolute atomic E-state index is 12.8. The molecule has 1 fully saturated rings. The molecule has 1 N–H and O–H groups in total. The molecule has 1 aliphatic carbocycles. The van der Waals surface area contributed by atoms with Crippen molar-refractivity contribution in [2.45, 2.75) is 43.2 Å². The van der Waals surface area contributed by atoms with E-state index in [1.165, 1.54) is 28.8 Å². The van der Waals surface area contributed by atoms with Crippen molar-refractivity contribution in [1.82, 2.24) is 4.90 Å². The van der Waals surface area contributed by atoms with E-state index in [-0.39, 0.29) is 24.2 Å². The zero-order valence-electron chi connectivity index (χ0n) is 11.8. The van der Waals surface area contributed by atoms with Crippen LogP contribution in [0.4, 0.5) is 4.39 Å². The lowest BCUT2D eigenvalue weighted by molar-refractivity contribution is -0.149. The predicted octanol–water partition coefficient (Wildman–Crippen LogP) is 2.77. The number of thioether (sulfide) groups is 1. The van der Waals surface area contributed by atoms with Gasteiger partial charge in [-0.25, -0.2) is 9.18 Å². The fourth-order valence-corrected chi connectivity index (χ4v) is 2.96. The molecule has 1 atom stereocenters. The van der Waals surface area contributed by atoms with Crippen LogP contribution in [0.15, 0.2) is 29.2 Å². The van der Waals surface area contributed by atoms with Crippen LogP contribution in [-0.2, 0) is 9.59 Å². The number of carboxylic acids is 1. The predicted molar refractivity (Wildman–Crippen MR) is 78.7 cm³/mol. The molecule has 6 heteroatoms. The van der Waals surface area contributed by atoms with Gasteiger partial charge in [-0.2, -0.15) is 0 Å². The molecule has 1 aromatic rings. The lowest BCUT2D eigenvalue weighted by Crippen LogP contribution is -2.44. The number of amides is 1. The van der Waals surface area contributed by atoms with E-state index < -0.39 is 12.0 Å². The van der Waals surface area contributed by atoms with Crippen LogP contribution >= 0.6 is 11.8 Å². The second-order valence-electron chi connectivity index (χ2n) is 5.10. The summed E-state index contributed by atoms with van der Waals surface area (Å²) >= 11 is 1.47. The first-order valence-electron chi connectivity index (χ1n) is 6.91. The lowest BCUT2D eigenvalue weighted by atomic mass is 10.2. The topological polar surface area (TPSA) is 57.6 Å². The minimum Gasteiger partial charge on any atom is -0.480 e. The van der Waals surface area contributed by atoms with Crippen LogP contribution in [0.1, 0.15) is 26.2 Å². The molecule has 4 nitrogen and oxygen atoms in total. The molecule has 1 aliphatic rings. The Kier molecular flexibility index (Phi) is 5.22. The van der Waals surface area contributed by atoms with Gasteiger partial charge in [-0.3, -0.25) is 4.79 Å². The molecule has 114 valence electrons. The molecule has 1 aromatic carbocycles. The van der Waals surface area contributed by atoms with Crippen molar-refractivity contribution in [2.24, 2.45) is 0 Å². The number of hydrogen-bond acceptors (Lipinski definition) is 3. The molecule has 0 heterocycles. The SMILES string of the molecule is CC(C(=O)O)N(C(=O)CCSc1ccc(F)cc1)C1CC1. The van der Waals surface area contributed by atoms with Gasteiger partial charge in [-0.1, -0.05) is 0 Å². The molecule has 21 heavy (non-hydrogen) atoms. The molecule has 1 unspecified atom stereocenters. The third kappa shape index (κ3) is 4.46. The van der Waals surface area contributed by atoms with Crippen LogP contribution in [0, 0.1) is 5.82 Å². The normalized spacial score (nSPS) is 15.5. The second-order valence-corrected chi connectivity index (χ2v) is 6.27. The van der Waals surface area contributed by atoms with E-state index in [0.29, 0.717) is 5.75 Å². The van der Waals surface area contributed by atoms with Crippen LogP contribution in [0.2, 0.25) is 0 Å². The van der Waals surface area contributed by atoms with Crippen molar-refractivity contribution in [3.63, 3.8) is 0 Å². The minimum absolute atomic E-state index is 0.0828. The smallest absolute Gasteiger partial charge is 0.326 e. The van der Waals surface area contributed by atoms with Gasteiger partial charge in [0.25, 0.3) is 0 Å². The molecule has 0 aliphatic heterocycles. The third-order valence-corrected chi connectivity index (χ3v) is 4.41. The Balaban J connectivity index is 1.85. The standard InChI is InChI=1S/C15H18FNO3S/c1-10(15(19)20)17(12-4-5-12)14(18)8-9-21-13-6-2-11(16)3-7-13/h2-3,6-7,10,12H,4-5,8-9H2,1H3,(H,19,20). The van der Waals surface area contributed by atoms with Crippen LogP contribution in [0.3, 0.4) is 0 Å². The Morgan fingerprint density at radius 2 is 2.00 bits per heavy atom. The first-order valence-corrected chi connectivity index (χ1v) is 7.90. The number of nitrogens with zero attached hydrogens (tertiary/aromatic N) is 1. The van der Waals surface area contributed by atoms with Crippen LogP contribution in [-0.4, -0.2) is 39.7 Å². The van der Waals surface area contributed by atoms with Gasteiger partial charge in [0.2, 0.25) is 5.91 Å². The number of halogens is 1. The highest BCUT2D eigenvalue weighted by Crippen LogP contribution is 2.30. The second kappa shape index (κ2) is 6.93. The van der Waals surface area contributed by atoms with Crippen molar-refractivity contribution in [2.75, 3.05) is 5.75 Å². The maximum atomic E-state index is 12.8. The van der Waals surface area contributed by atoms with Crippen molar-refractivity contribution < 1.29 is 19.1 Å². The molecule has 0 saturated heterocycles. The van der Waals surface area contributed by atoms with Crippen molar-refractivity contribution in [1.29, 1.82) is 0 Å². The highest BCUT2D eigenvalue weighted by molar-refractivity contribution is 7.99. The Labute approximate surface area is 127 Å². The molecular formula is C15H18FNO3S. The first-order chi connectivity index (χ1) is 9.99. The largest absolute Gasteiger partial charge is 0.480 e. The van der Waals surface area contributed by atoms with Gasteiger partial charge in [0, 0.05) is 23.1 Å². The van der Waals surface area contributed by atoms with Gasteiger partial charge >= 0.3 is 5.97 Å². The Bertz CT molecular complexity index is 516. The molecule has 2 rings (SSSR count). The monoisotopic (exact) mass is 311 g/mol. The highest BCUT2D eigenvalue weighted by atomic mass is 32.2. The zero-order chi connectivity index (χ0) is 15.4. The number of aliphatic carboxylic acids is 1. The lowest BCUT2D eigenvalue weighted by Gasteiger charge is -2.26. The van der Waals surface area contributed by atoms with Crippen LogP contribution in [0.5, 0.6) is 0 Å². The summed E-state index contributed by atoms with van der Waals surface area (Å²) in [4.78, 5) is 25.7. The average Bonchev–Trinajstić information content (AvgIpc) is 3.25. The van der Waals surface area contributed by atoms with Gasteiger partial charge in [0.15, 0.2) is 0 Å². The van der Waals surface area contributed by atoms with E-state index in [0.717, 1.165) is 17.7 Å². The molecule has 0 bridgehead atoms. The maximum Gasteiger partial charge on any atom is 0.326 e. The molecule has 0 radical (unpaired) electrons. The zero-order valence-corrected chi connectivity index (χ0v) is 12.6.